The molecule has 1 atom stereocenters. The Labute approximate surface area is 117 Å². The topological polar surface area (TPSA) is 29.9 Å². The lowest BCUT2D eigenvalue weighted by Crippen LogP contribution is -2.06. The third-order valence-electron chi connectivity index (χ3n) is 2.78. The van der Waals surface area contributed by atoms with Gasteiger partial charge >= 0.3 is 0 Å². The highest BCUT2D eigenvalue weighted by Gasteiger charge is 2.09. The second-order valence-electron chi connectivity index (χ2n) is 4.12. The van der Waals surface area contributed by atoms with E-state index in [-0.39, 0.29) is 6.04 Å². The summed E-state index contributed by atoms with van der Waals surface area (Å²) in [6.07, 6.45) is 3.90. The van der Waals surface area contributed by atoms with E-state index in [1.807, 2.05) is 29.2 Å². The SMILES string of the molecule is CCn1cc(C(C)Nc2ccc(Cl)cc2Cl)cn1. The summed E-state index contributed by atoms with van der Waals surface area (Å²) < 4.78 is 1.90. The van der Waals surface area contributed by atoms with E-state index in [1.54, 1.807) is 6.07 Å². The highest BCUT2D eigenvalue weighted by Crippen LogP contribution is 2.28. The van der Waals surface area contributed by atoms with Gasteiger partial charge in [-0.15, -0.1) is 0 Å². The Morgan fingerprint density at radius 2 is 2.17 bits per heavy atom. The molecule has 96 valence electrons. The highest BCUT2D eigenvalue weighted by molar-refractivity contribution is 6.36. The molecule has 0 saturated carbocycles. The molecule has 0 saturated heterocycles. The third-order valence-corrected chi connectivity index (χ3v) is 3.33. The molecule has 0 radical (unpaired) electrons. The van der Waals surface area contributed by atoms with Crippen LogP contribution >= 0.6 is 23.2 Å². The highest BCUT2D eigenvalue weighted by atomic mass is 35.5. The van der Waals surface area contributed by atoms with Crippen molar-refractivity contribution in [2.75, 3.05) is 5.32 Å². The lowest BCUT2D eigenvalue weighted by atomic mass is 10.2. The molecule has 0 aliphatic rings. The molecule has 0 aliphatic heterocycles. The van der Waals surface area contributed by atoms with Crippen LogP contribution < -0.4 is 5.32 Å². The Balaban J connectivity index is 2.13. The number of benzene rings is 1. The number of aryl methyl sites for hydroxylation is 1. The average Bonchev–Trinajstić information content (AvgIpc) is 2.81. The van der Waals surface area contributed by atoms with E-state index in [4.69, 9.17) is 23.2 Å². The molecule has 1 heterocycles. The van der Waals surface area contributed by atoms with Crippen LogP contribution in [-0.2, 0) is 6.54 Å². The Kier molecular flexibility index (Phi) is 4.15. The van der Waals surface area contributed by atoms with E-state index in [2.05, 4.69) is 24.3 Å². The van der Waals surface area contributed by atoms with Crippen molar-refractivity contribution in [1.82, 2.24) is 9.78 Å². The second kappa shape index (κ2) is 5.63. The summed E-state index contributed by atoms with van der Waals surface area (Å²) >= 11 is 12.0. The van der Waals surface area contributed by atoms with Crippen molar-refractivity contribution in [1.29, 1.82) is 0 Å². The number of hydrogen-bond donors (Lipinski definition) is 1. The summed E-state index contributed by atoms with van der Waals surface area (Å²) in [6.45, 7) is 5.00. The molecule has 2 aromatic rings. The molecule has 0 aliphatic carbocycles. The Bertz CT molecular complexity index is 537. The monoisotopic (exact) mass is 283 g/mol. The first-order valence-electron chi connectivity index (χ1n) is 5.84. The molecule has 1 unspecified atom stereocenters. The van der Waals surface area contributed by atoms with Gasteiger partial charge in [-0.25, -0.2) is 0 Å². The van der Waals surface area contributed by atoms with Crippen molar-refractivity contribution in [3.05, 3.63) is 46.2 Å². The third kappa shape index (κ3) is 2.98. The molecule has 1 aromatic heterocycles. The maximum absolute atomic E-state index is 6.13. The zero-order valence-electron chi connectivity index (χ0n) is 10.3. The lowest BCUT2D eigenvalue weighted by Gasteiger charge is -2.15. The minimum absolute atomic E-state index is 0.143. The van der Waals surface area contributed by atoms with Crippen LogP contribution in [0.5, 0.6) is 0 Å². The molecule has 2 rings (SSSR count). The molecule has 0 fully saturated rings. The molecule has 3 nitrogen and oxygen atoms in total. The van der Waals surface area contributed by atoms with Gasteiger partial charge in [-0.05, 0) is 32.0 Å². The zero-order valence-corrected chi connectivity index (χ0v) is 11.8. The molecule has 0 amide bonds. The predicted molar refractivity (Wildman–Crippen MR) is 76.4 cm³/mol. The molecule has 0 bridgehead atoms. The number of nitrogens with zero attached hydrogens (tertiary/aromatic N) is 2. The van der Waals surface area contributed by atoms with E-state index in [0.717, 1.165) is 17.8 Å². The molecule has 1 aromatic carbocycles. The quantitative estimate of drug-likeness (QED) is 0.902. The van der Waals surface area contributed by atoms with Crippen LogP contribution in [0.25, 0.3) is 0 Å². The van der Waals surface area contributed by atoms with Crippen LogP contribution in [0.3, 0.4) is 0 Å². The number of halogens is 2. The summed E-state index contributed by atoms with van der Waals surface area (Å²) in [5.41, 5.74) is 2.00. The molecule has 1 N–H and O–H groups in total. The fourth-order valence-electron chi connectivity index (χ4n) is 1.70. The normalized spacial score (nSPS) is 12.4. The van der Waals surface area contributed by atoms with Crippen molar-refractivity contribution in [2.45, 2.75) is 26.4 Å². The Morgan fingerprint density at radius 1 is 1.39 bits per heavy atom. The number of rotatable bonds is 4. The summed E-state index contributed by atoms with van der Waals surface area (Å²) in [4.78, 5) is 0. The maximum atomic E-state index is 6.13. The molecular formula is C13H15Cl2N3. The average molecular weight is 284 g/mol. The van der Waals surface area contributed by atoms with Crippen molar-refractivity contribution < 1.29 is 0 Å². The van der Waals surface area contributed by atoms with Crippen molar-refractivity contribution >= 4 is 28.9 Å². The number of nitrogens with one attached hydrogen (secondary N) is 1. The van der Waals surface area contributed by atoms with Gasteiger partial charge in [-0.1, -0.05) is 23.2 Å². The largest absolute Gasteiger partial charge is 0.377 e. The van der Waals surface area contributed by atoms with Crippen LogP contribution in [0.2, 0.25) is 10.0 Å². The first kappa shape index (κ1) is 13.2. The van der Waals surface area contributed by atoms with E-state index in [1.165, 1.54) is 0 Å². The first-order valence-corrected chi connectivity index (χ1v) is 6.59. The first-order chi connectivity index (χ1) is 8.60. The summed E-state index contributed by atoms with van der Waals surface area (Å²) in [5.74, 6) is 0. The van der Waals surface area contributed by atoms with Gasteiger partial charge in [0.25, 0.3) is 0 Å². The van der Waals surface area contributed by atoms with Gasteiger partial charge in [0.2, 0.25) is 0 Å². The number of anilines is 1. The molecule has 18 heavy (non-hydrogen) atoms. The minimum Gasteiger partial charge on any atom is -0.377 e. The van der Waals surface area contributed by atoms with Crippen molar-refractivity contribution in [3.63, 3.8) is 0 Å². The second-order valence-corrected chi connectivity index (χ2v) is 4.96. The van der Waals surface area contributed by atoms with Gasteiger partial charge in [-0.2, -0.15) is 5.10 Å². The standard InChI is InChI=1S/C13H15Cl2N3/c1-3-18-8-10(7-16-18)9(2)17-13-5-4-11(14)6-12(13)15/h4-9,17H,3H2,1-2H3. The van der Waals surface area contributed by atoms with E-state index in [0.29, 0.717) is 10.0 Å². The van der Waals surface area contributed by atoms with Crippen molar-refractivity contribution in [2.24, 2.45) is 0 Å². The lowest BCUT2D eigenvalue weighted by molar-refractivity contribution is 0.658. The van der Waals surface area contributed by atoms with Crippen LogP contribution in [-0.4, -0.2) is 9.78 Å². The minimum atomic E-state index is 0.143. The zero-order chi connectivity index (χ0) is 13.1. The van der Waals surface area contributed by atoms with Gasteiger partial charge in [0.05, 0.1) is 22.9 Å². The van der Waals surface area contributed by atoms with Gasteiger partial charge in [0, 0.05) is 23.3 Å². The summed E-state index contributed by atoms with van der Waals surface area (Å²) in [6, 6.07) is 5.57. The van der Waals surface area contributed by atoms with Gasteiger partial charge in [-0.3, -0.25) is 4.68 Å². The summed E-state index contributed by atoms with van der Waals surface area (Å²) in [7, 11) is 0. The van der Waals surface area contributed by atoms with Crippen LogP contribution in [0.4, 0.5) is 5.69 Å². The number of hydrogen-bond acceptors (Lipinski definition) is 2. The fourth-order valence-corrected chi connectivity index (χ4v) is 2.16. The Hall–Kier alpha value is -1.19. The van der Waals surface area contributed by atoms with E-state index >= 15 is 0 Å². The molecular weight excluding hydrogens is 269 g/mol. The van der Waals surface area contributed by atoms with E-state index < -0.39 is 0 Å². The predicted octanol–water partition coefficient (Wildman–Crippen LogP) is 4.38. The van der Waals surface area contributed by atoms with E-state index in [9.17, 15) is 0 Å². The fraction of sp³-hybridized carbons (Fsp3) is 0.308. The smallest absolute Gasteiger partial charge is 0.0652 e. The van der Waals surface area contributed by atoms with Crippen LogP contribution in [0, 0.1) is 0 Å². The Morgan fingerprint density at radius 3 is 2.78 bits per heavy atom. The van der Waals surface area contributed by atoms with Crippen LogP contribution in [0.1, 0.15) is 25.5 Å². The van der Waals surface area contributed by atoms with Crippen molar-refractivity contribution in [3.8, 4) is 0 Å². The summed E-state index contributed by atoms with van der Waals surface area (Å²) in [5, 5.41) is 8.86. The number of aromatic nitrogens is 2. The maximum Gasteiger partial charge on any atom is 0.0652 e. The van der Waals surface area contributed by atoms with Gasteiger partial charge in [0.1, 0.15) is 0 Å². The van der Waals surface area contributed by atoms with Crippen LogP contribution in [0.15, 0.2) is 30.6 Å². The molecule has 0 spiro atoms. The van der Waals surface area contributed by atoms with Gasteiger partial charge < -0.3 is 5.32 Å². The van der Waals surface area contributed by atoms with Gasteiger partial charge in [0.15, 0.2) is 0 Å². The molecule has 5 heteroatoms.